The van der Waals surface area contributed by atoms with Crippen molar-refractivity contribution >= 4 is 5.97 Å². The first-order valence-corrected chi connectivity index (χ1v) is 12.5. The van der Waals surface area contributed by atoms with Gasteiger partial charge in [0.05, 0.1) is 19.3 Å². The highest BCUT2D eigenvalue weighted by molar-refractivity contribution is 5.69. The standard InChI is InChI=1S/C26H42O3/c1-17(5-10-23(27)28-4)20-8-9-21-19-7-6-18-15-26(16-29-26)14-13-24(18,2)22(19)11-12-25(20,21)3/h17-22H,5-16H2,1-4H3/t17-,18+,19-,20-,21+,22-,24-,25+,26-/m0/s1. The van der Waals surface area contributed by atoms with Crippen molar-refractivity contribution in [2.45, 2.75) is 97.0 Å². The Morgan fingerprint density at radius 2 is 1.79 bits per heavy atom. The number of hydrogen-bond acceptors (Lipinski definition) is 3. The van der Waals surface area contributed by atoms with Gasteiger partial charge in [0.25, 0.3) is 0 Å². The largest absolute Gasteiger partial charge is 0.469 e. The number of esters is 1. The van der Waals surface area contributed by atoms with Crippen molar-refractivity contribution < 1.29 is 14.3 Å². The second-order valence-corrected chi connectivity index (χ2v) is 12.2. The molecule has 5 aliphatic rings. The molecule has 0 N–H and O–H groups in total. The molecule has 1 saturated heterocycles. The average Bonchev–Trinajstić information content (AvgIpc) is 3.37. The molecular weight excluding hydrogens is 360 g/mol. The number of rotatable bonds is 4. The first-order valence-electron chi connectivity index (χ1n) is 12.5. The first kappa shape index (κ1) is 20.3. The molecule has 5 fully saturated rings. The molecule has 0 unspecified atom stereocenters. The average molecular weight is 403 g/mol. The van der Waals surface area contributed by atoms with Crippen molar-refractivity contribution in [2.75, 3.05) is 13.7 Å². The fraction of sp³-hybridized carbons (Fsp3) is 0.962. The number of methoxy groups -OCH3 is 1. The molecule has 1 aliphatic heterocycles. The Morgan fingerprint density at radius 3 is 2.52 bits per heavy atom. The zero-order chi connectivity index (χ0) is 20.4. The van der Waals surface area contributed by atoms with Crippen LogP contribution in [0.25, 0.3) is 0 Å². The summed E-state index contributed by atoms with van der Waals surface area (Å²) in [6.07, 6.45) is 14.2. The molecule has 0 aromatic rings. The van der Waals surface area contributed by atoms with Crippen LogP contribution in [0, 0.1) is 46.3 Å². The van der Waals surface area contributed by atoms with Gasteiger partial charge < -0.3 is 9.47 Å². The Bertz CT molecular complexity index is 654. The van der Waals surface area contributed by atoms with E-state index in [2.05, 4.69) is 20.8 Å². The minimum Gasteiger partial charge on any atom is -0.469 e. The lowest BCUT2D eigenvalue weighted by Crippen LogP contribution is -2.54. The van der Waals surface area contributed by atoms with E-state index in [0.29, 0.717) is 28.8 Å². The molecule has 3 heteroatoms. The smallest absolute Gasteiger partial charge is 0.305 e. The minimum absolute atomic E-state index is 0.0405. The maximum Gasteiger partial charge on any atom is 0.305 e. The third-order valence-corrected chi connectivity index (χ3v) is 11.1. The van der Waals surface area contributed by atoms with Gasteiger partial charge in [0.1, 0.15) is 0 Å². The van der Waals surface area contributed by atoms with Crippen LogP contribution in [0.15, 0.2) is 0 Å². The van der Waals surface area contributed by atoms with Crippen molar-refractivity contribution in [3.05, 3.63) is 0 Å². The molecule has 164 valence electrons. The van der Waals surface area contributed by atoms with Crippen LogP contribution in [0.2, 0.25) is 0 Å². The van der Waals surface area contributed by atoms with Crippen LogP contribution in [-0.4, -0.2) is 25.3 Å². The van der Waals surface area contributed by atoms with E-state index in [1.807, 2.05) is 0 Å². The van der Waals surface area contributed by atoms with E-state index >= 15 is 0 Å². The van der Waals surface area contributed by atoms with Crippen molar-refractivity contribution in [1.82, 2.24) is 0 Å². The summed E-state index contributed by atoms with van der Waals surface area (Å²) in [5.41, 5.74) is 1.37. The Hall–Kier alpha value is -0.570. The van der Waals surface area contributed by atoms with Gasteiger partial charge in [-0.15, -0.1) is 0 Å². The van der Waals surface area contributed by atoms with Crippen LogP contribution in [0.5, 0.6) is 0 Å². The van der Waals surface area contributed by atoms with Gasteiger partial charge in [-0.1, -0.05) is 20.8 Å². The number of ether oxygens (including phenoxy) is 2. The van der Waals surface area contributed by atoms with Crippen LogP contribution in [0.3, 0.4) is 0 Å². The molecule has 0 radical (unpaired) electrons. The Kier molecular flexibility index (Phi) is 4.89. The normalized spacial score (nSPS) is 51.7. The maximum atomic E-state index is 11.7. The second-order valence-electron chi connectivity index (χ2n) is 12.2. The highest BCUT2D eigenvalue weighted by Gasteiger charge is 2.63. The summed E-state index contributed by atoms with van der Waals surface area (Å²) in [4.78, 5) is 11.7. The lowest BCUT2D eigenvalue weighted by Gasteiger charge is -2.61. The topological polar surface area (TPSA) is 38.8 Å². The monoisotopic (exact) mass is 402 g/mol. The Labute approximate surface area is 177 Å². The van der Waals surface area contributed by atoms with Gasteiger partial charge in [-0.2, -0.15) is 0 Å². The van der Waals surface area contributed by atoms with E-state index in [4.69, 9.17) is 9.47 Å². The van der Waals surface area contributed by atoms with E-state index < -0.39 is 0 Å². The Balaban J connectivity index is 1.30. The van der Waals surface area contributed by atoms with Gasteiger partial charge in [0.15, 0.2) is 0 Å². The van der Waals surface area contributed by atoms with Gasteiger partial charge in [0.2, 0.25) is 0 Å². The van der Waals surface area contributed by atoms with E-state index in [9.17, 15) is 4.79 Å². The van der Waals surface area contributed by atoms with Gasteiger partial charge in [-0.05, 0) is 111 Å². The lowest BCUT2D eigenvalue weighted by molar-refractivity contribution is -0.141. The first-order chi connectivity index (χ1) is 13.8. The molecule has 1 heterocycles. The molecule has 0 aromatic heterocycles. The quantitative estimate of drug-likeness (QED) is 0.427. The van der Waals surface area contributed by atoms with Crippen molar-refractivity contribution in [3.63, 3.8) is 0 Å². The number of carbonyl (C=O) groups excluding carboxylic acids is 1. The molecule has 5 rings (SSSR count). The zero-order valence-corrected chi connectivity index (χ0v) is 19.2. The summed E-state index contributed by atoms with van der Waals surface area (Å²) in [7, 11) is 1.51. The van der Waals surface area contributed by atoms with E-state index in [-0.39, 0.29) is 5.97 Å². The Morgan fingerprint density at radius 1 is 1.03 bits per heavy atom. The third kappa shape index (κ3) is 3.12. The number of epoxide rings is 1. The van der Waals surface area contributed by atoms with Gasteiger partial charge >= 0.3 is 5.97 Å². The predicted octanol–water partition coefficient (Wildman–Crippen LogP) is 6.00. The summed E-state index contributed by atoms with van der Waals surface area (Å²) in [5.74, 6) is 5.09. The van der Waals surface area contributed by atoms with Crippen LogP contribution >= 0.6 is 0 Å². The minimum atomic E-state index is -0.0405. The maximum absolute atomic E-state index is 11.7. The van der Waals surface area contributed by atoms with E-state index in [1.54, 1.807) is 0 Å². The van der Waals surface area contributed by atoms with Crippen LogP contribution in [-0.2, 0) is 14.3 Å². The molecule has 3 nitrogen and oxygen atoms in total. The highest BCUT2D eigenvalue weighted by Crippen LogP contribution is 2.69. The molecule has 9 atom stereocenters. The van der Waals surface area contributed by atoms with Gasteiger partial charge in [-0.25, -0.2) is 0 Å². The summed E-state index contributed by atoms with van der Waals surface area (Å²) in [6.45, 7) is 8.74. The fourth-order valence-electron chi connectivity index (χ4n) is 9.30. The van der Waals surface area contributed by atoms with E-state index in [0.717, 1.165) is 42.6 Å². The number of hydrogen-bond donors (Lipinski definition) is 0. The molecule has 29 heavy (non-hydrogen) atoms. The highest BCUT2D eigenvalue weighted by atomic mass is 16.6. The summed E-state index contributed by atoms with van der Waals surface area (Å²) >= 11 is 0. The van der Waals surface area contributed by atoms with Crippen molar-refractivity contribution in [1.29, 1.82) is 0 Å². The van der Waals surface area contributed by atoms with Crippen LogP contribution < -0.4 is 0 Å². The molecule has 1 spiro atoms. The van der Waals surface area contributed by atoms with Gasteiger partial charge in [-0.3, -0.25) is 4.79 Å². The summed E-state index contributed by atoms with van der Waals surface area (Å²) in [5, 5.41) is 0. The van der Waals surface area contributed by atoms with Gasteiger partial charge in [0, 0.05) is 6.42 Å². The van der Waals surface area contributed by atoms with E-state index in [1.165, 1.54) is 64.9 Å². The third-order valence-electron chi connectivity index (χ3n) is 11.1. The lowest BCUT2D eigenvalue weighted by atomic mass is 9.44. The van der Waals surface area contributed by atoms with Crippen molar-refractivity contribution in [3.8, 4) is 0 Å². The number of carbonyl (C=O) groups is 1. The molecule has 0 amide bonds. The molecule has 4 aliphatic carbocycles. The molecule has 4 saturated carbocycles. The SMILES string of the molecule is COC(=O)CC[C@H](C)[C@@H]1CC[C@@H]2[C@@H]3CC[C@@H]4C[C@@]5(CC[C@]4(C)[C@H]3CC[C@@]21C)CO5. The van der Waals surface area contributed by atoms with Crippen LogP contribution in [0.4, 0.5) is 0 Å². The zero-order valence-electron chi connectivity index (χ0n) is 19.2. The molecule has 0 aromatic carbocycles. The number of fused-ring (bicyclic) bond motifs is 5. The van der Waals surface area contributed by atoms with Crippen LogP contribution in [0.1, 0.15) is 91.4 Å². The summed E-state index contributed by atoms with van der Waals surface area (Å²) in [6, 6.07) is 0. The predicted molar refractivity (Wildman–Crippen MR) is 114 cm³/mol. The molecule has 0 bridgehead atoms. The second kappa shape index (κ2) is 6.97. The molecular formula is C26H42O3. The summed E-state index contributed by atoms with van der Waals surface area (Å²) < 4.78 is 10.8. The fourth-order valence-corrected chi connectivity index (χ4v) is 9.30. The van der Waals surface area contributed by atoms with Crippen molar-refractivity contribution in [2.24, 2.45) is 46.3 Å².